The number of rotatable bonds is 3. The van der Waals surface area contributed by atoms with Gasteiger partial charge in [0.15, 0.2) is 0 Å². The molecule has 2 rings (SSSR count). The van der Waals surface area contributed by atoms with Gasteiger partial charge in [0.1, 0.15) is 10.7 Å². The maximum Gasteiger partial charge on any atom is 0.350 e. The molecule has 0 aliphatic carbocycles. The number of carbonyl (C=O) groups excluding carboxylic acids is 2. The zero-order valence-electron chi connectivity index (χ0n) is 11.2. The molecule has 110 valence electrons. The highest BCUT2D eigenvalue weighted by Crippen LogP contribution is 2.29. The normalized spacial score (nSPS) is 10.3. The predicted molar refractivity (Wildman–Crippen MR) is 79.8 cm³/mol. The molecule has 1 aromatic heterocycles. The second-order valence-electron chi connectivity index (χ2n) is 4.17. The highest BCUT2D eigenvalue weighted by molar-refractivity contribution is 7.12. The quantitative estimate of drug-likeness (QED) is 0.870. The van der Waals surface area contributed by atoms with Crippen molar-refractivity contribution in [1.29, 1.82) is 0 Å². The summed E-state index contributed by atoms with van der Waals surface area (Å²) in [5, 5.41) is 4.22. The summed E-state index contributed by atoms with van der Waals surface area (Å²) in [7, 11) is 1.25. The Morgan fingerprint density at radius 3 is 2.71 bits per heavy atom. The summed E-state index contributed by atoms with van der Waals surface area (Å²) in [5.41, 5.74) is 0.720. The molecule has 0 spiro atoms. The van der Waals surface area contributed by atoms with E-state index in [2.05, 4.69) is 10.1 Å². The van der Waals surface area contributed by atoms with Crippen LogP contribution in [0.4, 0.5) is 10.1 Å². The van der Waals surface area contributed by atoms with Crippen LogP contribution in [-0.2, 0) is 4.74 Å². The number of thiophene rings is 1. The van der Waals surface area contributed by atoms with E-state index >= 15 is 0 Å². The first-order valence-electron chi connectivity index (χ1n) is 5.87. The lowest BCUT2D eigenvalue weighted by molar-refractivity contribution is 0.0607. The van der Waals surface area contributed by atoms with Crippen molar-refractivity contribution in [3.05, 3.63) is 50.4 Å². The monoisotopic (exact) mass is 327 g/mol. The van der Waals surface area contributed by atoms with Gasteiger partial charge < -0.3 is 10.1 Å². The molecule has 0 saturated carbocycles. The van der Waals surface area contributed by atoms with Gasteiger partial charge in [-0.1, -0.05) is 17.7 Å². The van der Waals surface area contributed by atoms with Crippen LogP contribution in [0.15, 0.2) is 23.6 Å². The van der Waals surface area contributed by atoms with Crippen LogP contribution >= 0.6 is 22.9 Å². The van der Waals surface area contributed by atoms with E-state index in [0.717, 1.165) is 17.4 Å². The minimum absolute atomic E-state index is 0.000000656. The molecule has 1 heterocycles. The van der Waals surface area contributed by atoms with Crippen LogP contribution in [0.3, 0.4) is 0 Å². The third kappa shape index (κ3) is 3.06. The van der Waals surface area contributed by atoms with Gasteiger partial charge in [-0.3, -0.25) is 4.79 Å². The number of aryl methyl sites for hydroxylation is 1. The Kier molecular flexibility index (Phi) is 4.59. The van der Waals surface area contributed by atoms with Crippen LogP contribution in [0.5, 0.6) is 0 Å². The highest BCUT2D eigenvalue weighted by Gasteiger charge is 2.22. The molecule has 2 aromatic rings. The van der Waals surface area contributed by atoms with Crippen molar-refractivity contribution in [2.75, 3.05) is 12.4 Å². The van der Waals surface area contributed by atoms with Crippen LogP contribution in [-0.4, -0.2) is 19.0 Å². The molecule has 0 aliphatic rings. The fraction of sp³-hybridized carbons (Fsp3) is 0.143. The summed E-state index contributed by atoms with van der Waals surface area (Å²) in [4.78, 5) is 24.1. The summed E-state index contributed by atoms with van der Waals surface area (Å²) in [5.74, 6) is -2.01. The second-order valence-corrected chi connectivity index (χ2v) is 5.45. The number of halogens is 2. The van der Waals surface area contributed by atoms with Gasteiger partial charge in [-0.25, -0.2) is 9.18 Å². The van der Waals surface area contributed by atoms with Gasteiger partial charge >= 0.3 is 5.97 Å². The molecule has 0 saturated heterocycles. The van der Waals surface area contributed by atoms with E-state index in [9.17, 15) is 14.0 Å². The zero-order chi connectivity index (χ0) is 15.6. The number of hydrogen-bond donors (Lipinski definition) is 1. The van der Waals surface area contributed by atoms with Crippen molar-refractivity contribution >= 4 is 40.5 Å². The number of nitrogens with one attached hydrogen (secondary N) is 1. The lowest BCUT2D eigenvalue weighted by Crippen LogP contribution is -2.16. The van der Waals surface area contributed by atoms with E-state index in [1.165, 1.54) is 19.2 Å². The molecule has 0 atom stereocenters. The van der Waals surface area contributed by atoms with Crippen molar-refractivity contribution in [2.45, 2.75) is 6.92 Å². The molecule has 1 amide bonds. The van der Waals surface area contributed by atoms with Crippen molar-refractivity contribution in [1.82, 2.24) is 0 Å². The van der Waals surface area contributed by atoms with E-state index < -0.39 is 17.7 Å². The Labute approximate surface area is 129 Å². The number of esters is 1. The minimum atomic E-state index is -0.729. The summed E-state index contributed by atoms with van der Waals surface area (Å²) in [6, 6.07) is 3.97. The van der Waals surface area contributed by atoms with Gasteiger partial charge in [0, 0.05) is 0 Å². The number of anilines is 1. The number of carbonyl (C=O) groups is 2. The molecule has 1 N–H and O–H groups in total. The van der Waals surface area contributed by atoms with E-state index in [4.69, 9.17) is 11.6 Å². The van der Waals surface area contributed by atoms with Gasteiger partial charge in [0.25, 0.3) is 5.91 Å². The third-order valence-electron chi connectivity index (χ3n) is 2.77. The molecule has 1 aromatic carbocycles. The number of amides is 1. The first kappa shape index (κ1) is 15.5. The van der Waals surface area contributed by atoms with Crippen molar-refractivity contribution in [3.63, 3.8) is 0 Å². The van der Waals surface area contributed by atoms with Crippen molar-refractivity contribution in [3.8, 4) is 0 Å². The summed E-state index contributed by atoms with van der Waals surface area (Å²) < 4.78 is 18.4. The SMILES string of the molecule is COC(=O)c1scc(C)c1NC(=O)c1c(F)cccc1Cl. The maximum absolute atomic E-state index is 13.7. The summed E-state index contributed by atoms with van der Waals surface area (Å²) in [6.45, 7) is 1.72. The maximum atomic E-state index is 13.7. The molecule has 0 bridgehead atoms. The zero-order valence-corrected chi connectivity index (χ0v) is 12.8. The number of methoxy groups -OCH3 is 1. The average Bonchev–Trinajstić information content (AvgIpc) is 2.79. The number of ether oxygens (including phenoxy) is 1. The Morgan fingerprint density at radius 2 is 2.10 bits per heavy atom. The van der Waals surface area contributed by atoms with Gasteiger partial charge in [-0.05, 0) is 30.0 Å². The van der Waals surface area contributed by atoms with Gasteiger partial charge in [0.2, 0.25) is 0 Å². The molecular weight excluding hydrogens is 317 g/mol. The molecule has 4 nitrogen and oxygen atoms in total. The molecule has 0 fully saturated rings. The number of hydrogen-bond acceptors (Lipinski definition) is 4. The molecule has 0 unspecified atom stereocenters. The van der Waals surface area contributed by atoms with Crippen LogP contribution in [0.25, 0.3) is 0 Å². The van der Waals surface area contributed by atoms with Gasteiger partial charge in [-0.2, -0.15) is 0 Å². The minimum Gasteiger partial charge on any atom is -0.465 e. The molecular formula is C14H11ClFNO3S. The first-order valence-corrected chi connectivity index (χ1v) is 7.13. The first-order chi connectivity index (χ1) is 9.95. The van der Waals surface area contributed by atoms with E-state index in [-0.39, 0.29) is 15.5 Å². The Morgan fingerprint density at radius 1 is 1.38 bits per heavy atom. The van der Waals surface area contributed by atoms with Crippen LogP contribution < -0.4 is 5.32 Å². The topological polar surface area (TPSA) is 55.4 Å². The average molecular weight is 328 g/mol. The number of benzene rings is 1. The van der Waals surface area contributed by atoms with Crippen LogP contribution in [0.2, 0.25) is 5.02 Å². The van der Waals surface area contributed by atoms with Gasteiger partial charge in [-0.15, -0.1) is 11.3 Å². The highest BCUT2D eigenvalue weighted by atomic mass is 35.5. The smallest absolute Gasteiger partial charge is 0.350 e. The molecule has 0 radical (unpaired) electrons. The van der Waals surface area contributed by atoms with Crippen LogP contribution in [0.1, 0.15) is 25.6 Å². The summed E-state index contributed by atoms with van der Waals surface area (Å²) >= 11 is 6.98. The summed E-state index contributed by atoms with van der Waals surface area (Å²) in [6.07, 6.45) is 0. The lowest BCUT2D eigenvalue weighted by Gasteiger charge is -2.09. The Balaban J connectivity index is 2.37. The molecule has 0 aliphatic heterocycles. The molecule has 21 heavy (non-hydrogen) atoms. The van der Waals surface area contributed by atoms with Gasteiger partial charge in [0.05, 0.1) is 23.4 Å². The largest absolute Gasteiger partial charge is 0.465 e. The predicted octanol–water partition coefficient (Wildman–Crippen LogP) is 3.89. The van der Waals surface area contributed by atoms with Crippen molar-refractivity contribution < 1.29 is 18.7 Å². The fourth-order valence-corrected chi connectivity index (χ4v) is 2.90. The third-order valence-corrected chi connectivity index (χ3v) is 4.17. The fourth-order valence-electron chi connectivity index (χ4n) is 1.73. The van der Waals surface area contributed by atoms with E-state index in [1.807, 2.05) is 0 Å². The van der Waals surface area contributed by atoms with E-state index in [0.29, 0.717) is 11.3 Å². The second kappa shape index (κ2) is 6.24. The standard InChI is InChI=1S/C14H11ClFNO3S/c1-7-6-21-12(14(19)20-2)11(7)17-13(18)10-8(15)4-3-5-9(10)16/h3-6H,1-2H3,(H,17,18). The van der Waals surface area contributed by atoms with Crippen LogP contribution in [0, 0.1) is 12.7 Å². The molecule has 7 heteroatoms. The Bertz CT molecular complexity index is 694. The Hall–Kier alpha value is -1.92. The lowest BCUT2D eigenvalue weighted by atomic mass is 10.2. The van der Waals surface area contributed by atoms with Crippen molar-refractivity contribution in [2.24, 2.45) is 0 Å². The van der Waals surface area contributed by atoms with E-state index in [1.54, 1.807) is 12.3 Å².